The molecule has 1 atom stereocenters. The van der Waals surface area contributed by atoms with Gasteiger partial charge in [0, 0.05) is 49.5 Å². The lowest BCUT2D eigenvalue weighted by Gasteiger charge is -2.42. The standard InChI is InChI=1S/C16H25N3O/c1-12-8-15(20-3)9-14(18-12)10-19-7-6-17-16(2,11-19)13-4-5-13/h8-9,13,17H,4-7,10-11H2,1-3H3. The predicted molar refractivity (Wildman–Crippen MR) is 79.9 cm³/mol. The number of hydrogen-bond donors (Lipinski definition) is 1. The summed E-state index contributed by atoms with van der Waals surface area (Å²) in [4.78, 5) is 7.17. The highest BCUT2D eigenvalue weighted by Gasteiger charge is 2.43. The van der Waals surface area contributed by atoms with Gasteiger partial charge in [-0.05, 0) is 32.6 Å². The van der Waals surface area contributed by atoms with Gasteiger partial charge in [0.2, 0.25) is 0 Å². The number of hydrogen-bond acceptors (Lipinski definition) is 4. The SMILES string of the molecule is COc1cc(C)nc(CN2CCNC(C)(C3CC3)C2)c1. The minimum atomic E-state index is 0.298. The number of aryl methyl sites for hydroxylation is 1. The maximum Gasteiger partial charge on any atom is 0.122 e. The Morgan fingerprint density at radius 3 is 2.95 bits per heavy atom. The van der Waals surface area contributed by atoms with Gasteiger partial charge in [-0.2, -0.15) is 0 Å². The van der Waals surface area contributed by atoms with Crippen LogP contribution < -0.4 is 10.1 Å². The normalized spacial score (nSPS) is 27.6. The Balaban J connectivity index is 1.69. The molecule has 0 bridgehead atoms. The third-order valence-electron chi connectivity index (χ3n) is 4.59. The third-order valence-corrected chi connectivity index (χ3v) is 4.59. The zero-order valence-corrected chi connectivity index (χ0v) is 12.8. The second-order valence-corrected chi connectivity index (χ2v) is 6.47. The zero-order valence-electron chi connectivity index (χ0n) is 12.8. The molecule has 2 heterocycles. The average molecular weight is 275 g/mol. The van der Waals surface area contributed by atoms with Gasteiger partial charge in [-0.1, -0.05) is 0 Å². The van der Waals surface area contributed by atoms with E-state index in [4.69, 9.17) is 4.74 Å². The molecule has 1 saturated carbocycles. The van der Waals surface area contributed by atoms with Gasteiger partial charge in [-0.15, -0.1) is 0 Å². The summed E-state index contributed by atoms with van der Waals surface area (Å²) in [7, 11) is 1.72. The fraction of sp³-hybridized carbons (Fsp3) is 0.688. The van der Waals surface area contributed by atoms with E-state index in [9.17, 15) is 0 Å². The number of nitrogens with one attached hydrogen (secondary N) is 1. The van der Waals surface area contributed by atoms with Crippen LogP contribution in [0.4, 0.5) is 0 Å². The van der Waals surface area contributed by atoms with Crippen LogP contribution in [0.2, 0.25) is 0 Å². The Bertz CT molecular complexity index is 487. The minimum Gasteiger partial charge on any atom is -0.497 e. The molecule has 0 amide bonds. The molecule has 4 heteroatoms. The fourth-order valence-corrected chi connectivity index (χ4v) is 3.36. The first-order valence-electron chi connectivity index (χ1n) is 7.58. The van der Waals surface area contributed by atoms with Crippen LogP contribution in [0.5, 0.6) is 5.75 Å². The Morgan fingerprint density at radius 2 is 2.25 bits per heavy atom. The van der Waals surface area contributed by atoms with Crippen LogP contribution in [0, 0.1) is 12.8 Å². The highest BCUT2D eigenvalue weighted by Crippen LogP contribution is 2.40. The number of methoxy groups -OCH3 is 1. The summed E-state index contributed by atoms with van der Waals surface area (Å²) in [6.07, 6.45) is 2.77. The van der Waals surface area contributed by atoms with Crippen molar-refractivity contribution < 1.29 is 4.74 Å². The van der Waals surface area contributed by atoms with E-state index in [0.717, 1.165) is 49.2 Å². The van der Waals surface area contributed by atoms with Crippen molar-refractivity contribution in [2.45, 2.75) is 38.8 Å². The van der Waals surface area contributed by atoms with Gasteiger partial charge in [-0.3, -0.25) is 9.88 Å². The highest BCUT2D eigenvalue weighted by atomic mass is 16.5. The highest BCUT2D eigenvalue weighted by molar-refractivity contribution is 5.26. The Hall–Kier alpha value is -1.13. The van der Waals surface area contributed by atoms with Crippen molar-refractivity contribution in [1.82, 2.24) is 15.2 Å². The first-order valence-corrected chi connectivity index (χ1v) is 7.58. The lowest BCUT2D eigenvalue weighted by molar-refractivity contribution is 0.120. The smallest absolute Gasteiger partial charge is 0.122 e. The monoisotopic (exact) mass is 275 g/mol. The molecule has 1 unspecified atom stereocenters. The number of rotatable bonds is 4. The Morgan fingerprint density at radius 1 is 1.45 bits per heavy atom. The molecule has 1 aliphatic carbocycles. The van der Waals surface area contributed by atoms with Gasteiger partial charge in [0.15, 0.2) is 0 Å². The van der Waals surface area contributed by atoms with E-state index in [1.54, 1.807) is 7.11 Å². The molecule has 0 aromatic carbocycles. The maximum atomic E-state index is 5.34. The van der Waals surface area contributed by atoms with E-state index in [-0.39, 0.29) is 0 Å². The van der Waals surface area contributed by atoms with Crippen molar-refractivity contribution in [3.63, 3.8) is 0 Å². The Labute approximate surface area is 121 Å². The molecule has 4 nitrogen and oxygen atoms in total. The first-order chi connectivity index (χ1) is 9.59. The van der Waals surface area contributed by atoms with E-state index in [1.165, 1.54) is 12.8 Å². The fourth-order valence-electron chi connectivity index (χ4n) is 3.36. The molecule has 1 aromatic heterocycles. The third kappa shape index (κ3) is 2.96. The van der Waals surface area contributed by atoms with Gasteiger partial charge >= 0.3 is 0 Å². The van der Waals surface area contributed by atoms with Gasteiger partial charge < -0.3 is 10.1 Å². The molecule has 110 valence electrons. The first kappa shape index (κ1) is 13.8. The number of pyridine rings is 1. The largest absolute Gasteiger partial charge is 0.497 e. The van der Waals surface area contributed by atoms with Crippen LogP contribution in [0.1, 0.15) is 31.2 Å². The molecule has 20 heavy (non-hydrogen) atoms. The van der Waals surface area contributed by atoms with E-state index in [2.05, 4.69) is 28.2 Å². The van der Waals surface area contributed by atoms with E-state index >= 15 is 0 Å². The maximum absolute atomic E-state index is 5.34. The summed E-state index contributed by atoms with van der Waals surface area (Å²) in [5, 5.41) is 3.72. The summed E-state index contributed by atoms with van der Waals surface area (Å²) in [6, 6.07) is 4.04. The minimum absolute atomic E-state index is 0.298. The Kier molecular flexibility index (Phi) is 3.69. The molecule has 1 aromatic rings. The van der Waals surface area contributed by atoms with Crippen molar-refractivity contribution in [3.05, 3.63) is 23.5 Å². The van der Waals surface area contributed by atoms with Crippen LogP contribution in [-0.4, -0.2) is 42.2 Å². The molecule has 1 N–H and O–H groups in total. The number of nitrogens with zero attached hydrogens (tertiary/aromatic N) is 2. The molecule has 0 spiro atoms. The topological polar surface area (TPSA) is 37.4 Å². The molecule has 2 aliphatic rings. The number of piperazine rings is 1. The van der Waals surface area contributed by atoms with Gasteiger partial charge in [-0.25, -0.2) is 0 Å². The molecular weight excluding hydrogens is 250 g/mol. The summed E-state index contributed by atoms with van der Waals surface area (Å²) in [5.41, 5.74) is 2.44. The van der Waals surface area contributed by atoms with Crippen molar-refractivity contribution in [2.75, 3.05) is 26.7 Å². The van der Waals surface area contributed by atoms with Gasteiger partial charge in [0.05, 0.1) is 12.8 Å². The second kappa shape index (κ2) is 5.34. The number of ether oxygens (including phenoxy) is 1. The molecule has 3 rings (SSSR count). The molecular formula is C16H25N3O. The van der Waals surface area contributed by atoms with Crippen LogP contribution in [0.3, 0.4) is 0 Å². The molecule has 2 fully saturated rings. The molecule has 0 radical (unpaired) electrons. The lowest BCUT2D eigenvalue weighted by atomic mass is 9.93. The second-order valence-electron chi connectivity index (χ2n) is 6.47. The van der Waals surface area contributed by atoms with E-state index < -0.39 is 0 Å². The van der Waals surface area contributed by atoms with E-state index in [0.29, 0.717) is 5.54 Å². The molecule has 1 saturated heterocycles. The van der Waals surface area contributed by atoms with Crippen LogP contribution in [-0.2, 0) is 6.54 Å². The van der Waals surface area contributed by atoms with Gasteiger partial charge in [0.1, 0.15) is 5.75 Å². The summed E-state index contributed by atoms with van der Waals surface area (Å²) >= 11 is 0. The van der Waals surface area contributed by atoms with E-state index in [1.807, 2.05) is 13.0 Å². The average Bonchev–Trinajstić information content (AvgIpc) is 3.22. The quantitative estimate of drug-likeness (QED) is 0.911. The molecule has 1 aliphatic heterocycles. The van der Waals surface area contributed by atoms with Crippen molar-refractivity contribution in [3.8, 4) is 5.75 Å². The summed E-state index contributed by atoms with van der Waals surface area (Å²) < 4.78 is 5.34. The van der Waals surface area contributed by atoms with Crippen LogP contribution in [0.25, 0.3) is 0 Å². The summed E-state index contributed by atoms with van der Waals surface area (Å²) in [6.45, 7) is 8.62. The summed E-state index contributed by atoms with van der Waals surface area (Å²) in [5.74, 6) is 1.78. The van der Waals surface area contributed by atoms with Crippen molar-refractivity contribution >= 4 is 0 Å². The van der Waals surface area contributed by atoms with Crippen molar-refractivity contribution in [1.29, 1.82) is 0 Å². The zero-order chi connectivity index (χ0) is 14.2. The van der Waals surface area contributed by atoms with Gasteiger partial charge in [0.25, 0.3) is 0 Å². The van der Waals surface area contributed by atoms with Crippen molar-refractivity contribution in [2.24, 2.45) is 5.92 Å². The van der Waals surface area contributed by atoms with Crippen LogP contribution in [0.15, 0.2) is 12.1 Å². The predicted octanol–water partition coefficient (Wildman–Crippen LogP) is 1.97. The van der Waals surface area contributed by atoms with Crippen LogP contribution >= 0.6 is 0 Å². The lowest BCUT2D eigenvalue weighted by Crippen LogP contribution is -2.59. The number of aromatic nitrogens is 1.